The first-order valence-electron chi connectivity index (χ1n) is 9.12. The van der Waals surface area contributed by atoms with Gasteiger partial charge in [-0.25, -0.2) is 14.8 Å². The summed E-state index contributed by atoms with van der Waals surface area (Å²) in [5, 5.41) is 5.27. The van der Waals surface area contributed by atoms with Gasteiger partial charge in [0.25, 0.3) is 5.91 Å². The van der Waals surface area contributed by atoms with Crippen molar-refractivity contribution >= 4 is 29.2 Å². The summed E-state index contributed by atoms with van der Waals surface area (Å²) < 4.78 is 0. The highest BCUT2D eigenvalue weighted by Crippen LogP contribution is 2.27. The Labute approximate surface area is 168 Å². The molecule has 0 saturated carbocycles. The van der Waals surface area contributed by atoms with Crippen molar-refractivity contribution in [2.75, 3.05) is 17.3 Å². The number of anilines is 2. The maximum Gasteiger partial charge on any atom is 0.322 e. The Morgan fingerprint density at radius 3 is 2.45 bits per heavy atom. The van der Waals surface area contributed by atoms with Crippen molar-refractivity contribution < 1.29 is 9.59 Å². The van der Waals surface area contributed by atoms with Gasteiger partial charge < -0.3 is 10.2 Å². The number of fused-ring (bicyclic) bond motifs is 1. The number of urea groups is 1. The standard InChI is InChI=1S/C22H19N5O2/c1-27-17-12-6-5-11-16(17)19(15-9-3-2-4-10-15)25-20(21(27)28)26-22(29)24-18-13-7-8-14-23-18/h2-14,20H,1H3,(H2,23,24,26,29). The summed E-state index contributed by atoms with van der Waals surface area (Å²) in [6.07, 6.45) is 0.494. The molecule has 0 bridgehead atoms. The summed E-state index contributed by atoms with van der Waals surface area (Å²) in [5.41, 5.74) is 3.06. The number of amides is 3. The van der Waals surface area contributed by atoms with Crippen LogP contribution in [0.3, 0.4) is 0 Å². The molecule has 0 radical (unpaired) electrons. The quantitative estimate of drug-likeness (QED) is 0.727. The van der Waals surface area contributed by atoms with Crippen molar-refractivity contribution in [3.8, 4) is 0 Å². The minimum atomic E-state index is -1.08. The smallest absolute Gasteiger partial charge is 0.311 e. The van der Waals surface area contributed by atoms with Gasteiger partial charge in [0, 0.05) is 24.4 Å². The Morgan fingerprint density at radius 2 is 1.69 bits per heavy atom. The second-order valence-electron chi connectivity index (χ2n) is 6.47. The van der Waals surface area contributed by atoms with E-state index in [4.69, 9.17) is 0 Å². The molecule has 144 valence electrons. The van der Waals surface area contributed by atoms with E-state index in [2.05, 4.69) is 20.6 Å². The number of nitrogens with one attached hydrogen (secondary N) is 2. The molecule has 0 fully saturated rings. The number of pyridine rings is 1. The Balaban J connectivity index is 1.70. The molecule has 1 unspecified atom stereocenters. The van der Waals surface area contributed by atoms with E-state index in [1.54, 1.807) is 31.4 Å². The molecule has 7 heteroatoms. The average molecular weight is 385 g/mol. The number of nitrogens with zero attached hydrogens (tertiary/aromatic N) is 3. The first-order chi connectivity index (χ1) is 14.1. The number of likely N-dealkylation sites (N-methyl/N-ethyl adjacent to an activating group) is 1. The molecule has 0 aliphatic carbocycles. The summed E-state index contributed by atoms with van der Waals surface area (Å²) in [7, 11) is 1.68. The Bertz CT molecular complexity index is 1070. The Hall–Kier alpha value is -4.00. The van der Waals surface area contributed by atoms with Crippen molar-refractivity contribution in [3.63, 3.8) is 0 Å². The van der Waals surface area contributed by atoms with Crippen LogP contribution in [0.1, 0.15) is 11.1 Å². The molecule has 2 heterocycles. The fourth-order valence-electron chi connectivity index (χ4n) is 3.16. The van der Waals surface area contributed by atoms with Gasteiger partial charge in [0.2, 0.25) is 6.17 Å². The summed E-state index contributed by atoms with van der Waals surface area (Å²) in [5.74, 6) is 0.0505. The fraction of sp³-hybridized carbons (Fsp3) is 0.0909. The van der Waals surface area contributed by atoms with Crippen molar-refractivity contribution in [1.82, 2.24) is 10.3 Å². The Kier molecular flexibility index (Phi) is 5.03. The highest BCUT2D eigenvalue weighted by atomic mass is 16.2. The number of aromatic nitrogens is 1. The van der Waals surface area contributed by atoms with E-state index in [9.17, 15) is 9.59 Å². The Morgan fingerprint density at radius 1 is 0.966 bits per heavy atom. The zero-order valence-corrected chi connectivity index (χ0v) is 15.7. The summed E-state index contributed by atoms with van der Waals surface area (Å²) in [6.45, 7) is 0. The van der Waals surface area contributed by atoms with E-state index in [-0.39, 0.29) is 5.91 Å². The second-order valence-corrected chi connectivity index (χ2v) is 6.47. The molecule has 1 aromatic heterocycles. The molecule has 0 saturated heterocycles. The molecule has 7 nitrogen and oxygen atoms in total. The van der Waals surface area contributed by atoms with Crippen LogP contribution >= 0.6 is 0 Å². The molecular weight excluding hydrogens is 366 g/mol. The highest BCUT2D eigenvalue weighted by molar-refractivity contribution is 6.20. The van der Waals surface area contributed by atoms with Gasteiger partial charge in [-0.05, 0) is 18.2 Å². The van der Waals surface area contributed by atoms with Crippen LogP contribution in [-0.4, -0.2) is 35.8 Å². The highest BCUT2D eigenvalue weighted by Gasteiger charge is 2.30. The van der Waals surface area contributed by atoms with Gasteiger partial charge in [0.05, 0.1) is 11.4 Å². The van der Waals surface area contributed by atoms with Gasteiger partial charge in [0.15, 0.2) is 0 Å². The van der Waals surface area contributed by atoms with Gasteiger partial charge in [-0.15, -0.1) is 0 Å². The van der Waals surface area contributed by atoms with Gasteiger partial charge in [-0.2, -0.15) is 0 Å². The molecule has 4 rings (SSSR count). The molecule has 0 spiro atoms. The maximum absolute atomic E-state index is 13.0. The number of aliphatic imine (C=N–C) groups is 1. The minimum Gasteiger partial charge on any atom is -0.311 e. The maximum atomic E-state index is 13.0. The molecule has 2 N–H and O–H groups in total. The number of para-hydroxylation sites is 1. The third-order valence-electron chi connectivity index (χ3n) is 4.56. The molecule has 1 aliphatic heterocycles. The molecule has 3 aromatic rings. The van der Waals surface area contributed by atoms with Crippen LogP contribution in [0.5, 0.6) is 0 Å². The molecule has 1 aliphatic rings. The van der Waals surface area contributed by atoms with Crippen LogP contribution in [0.4, 0.5) is 16.3 Å². The zero-order valence-electron chi connectivity index (χ0n) is 15.7. The topological polar surface area (TPSA) is 86.7 Å². The van der Waals surface area contributed by atoms with Crippen molar-refractivity contribution in [2.24, 2.45) is 4.99 Å². The van der Waals surface area contributed by atoms with Crippen molar-refractivity contribution in [1.29, 1.82) is 0 Å². The SMILES string of the molecule is CN1C(=O)C(NC(=O)Nc2ccccn2)N=C(c2ccccc2)c2ccccc21. The average Bonchev–Trinajstić information content (AvgIpc) is 2.86. The van der Waals surface area contributed by atoms with Gasteiger partial charge in [-0.1, -0.05) is 54.6 Å². The number of carbonyl (C=O) groups excluding carboxylic acids is 2. The third kappa shape index (κ3) is 3.84. The summed E-state index contributed by atoms with van der Waals surface area (Å²) >= 11 is 0. The second kappa shape index (κ2) is 7.93. The lowest BCUT2D eigenvalue weighted by Crippen LogP contribution is -2.47. The molecule has 2 aromatic carbocycles. The van der Waals surface area contributed by atoms with E-state index in [1.807, 2.05) is 54.6 Å². The zero-order chi connectivity index (χ0) is 20.2. The van der Waals surface area contributed by atoms with E-state index >= 15 is 0 Å². The minimum absolute atomic E-state index is 0.334. The van der Waals surface area contributed by atoms with Crippen molar-refractivity contribution in [3.05, 3.63) is 90.1 Å². The molecule has 1 atom stereocenters. The van der Waals surface area contributed by atoms with E-state index in [0.29, 0.717) is 11.5 Å². The molecule has 29 heavy (non-hydrogen) atoms. The lowest BCUT2D eigenvalue weighted by molar-refractivity contribution is -0.119. The van der Waals surface area contributed by atoms with Gasteiger partial charge in [-0.3, -0.25) is 10.1 Å². The van der Waals surface area contributed by atoms with Crippen LogP contribution in [0, 0.1) is 0 Å². The fourth-order valence-corrected chi connectivity index (χ4v) is 3.16. The molecule has 3 amide bonds. The first-order valence-corrected chi connectivity index (χ1v) is 9.12. The van der Waals surface area contributed by atoms with E-state index in [1.165, 1.54) is 4.90 Å². The van der Waals surface area contributed by atoms with Gasteiger partial charge in [0.1, 0.15) is 5.82 Å². The molecular formula is C22H19N5O2. The van der Waals surface area contributed by atoms with E-state index < -0.39 is 12.2 Å². The van der Waals surface area contributed by atoms with Crippen LogP contribution in [0.25, 0.3) is 0 Å². The normalized spacial score (nSPS) is 15.8. The lowest BCUT2D eigenvalue weighted by Gasteiger charge is -2.20. The number of carbonyl (C=O) groups is 2. The van der Waals surface area contributed by atoms with Gasteiger partial charge >= 0.3 is 6.03 Å². The lowest BCUT2D eigenvalue weighted by atomic mass is 10.0. The summed E-state index contributed by atoms with van der Waals surface area (Å²) in [6, 6.07) is 21.8. The summed E-state index contributed by atoms with van der Waals surface area (Å²) in [4.78, 5) is 35.7. The number of benzene rings is 2. The third-order valence-corrected chi connectivity index (χ3v) is 4.56. The largest absolute Gasteiger partial charge is 0.322 e. The number of benzodiazepines with no additional fused rings is 1. The van der Waals surface area contributed by atoms with Crippen LogP contribution in [-0.2, 0) is 4.79 Å². The predicted octanol–water partition coefficient (Wildman–Crippen LogP) is 3.04. The van der Waals surface area contributed by atoms with Crippen LogP contribution < -0.4 is 15.5 Å². The first kappa shape index (κ1) is 18.4. The number of rotatable bonds is 3. The van der Waals surface area contributed by atoms with Crippen molar-refractivity contribution in [2.45, 2.75) is 6.17 Å². The predicted molar refractivity (Wildman–Crippen MR) is 112 cm³/mol. The van der Waals surface area contributed by atoms with Crippen LogP contribution in [0.2, 0.25) is 0 Å². The number of hydrogen-bond donors (Lipinski definition) is 2. The van der Waals surface area contributed by atoms with E-state index in [0.717, 1.165) is 16.8 Å². The monoisotopic (exact) mass is 385 g/mol. The van der Waals surface area contributed by atoms with Crippen LogP contribution in [0.15, 0.2) is 84.0 Å². The number of hydrogen-bond acceptors (Lipinski definition) is 4.